The quantitative estimate of drug-likeness (QED) is 0.0261. The number of esters is 3. The minimum absolute atomic E-state index is 0.0843. The zero-order valence-corrected chi connectivity index (χ0v) is 46.5. The van der Waals surface area contributed by atoms with E-state index < -0.39 is 6.10 Å². The summed E-state index contributed by atoms with van der Waals surface area (Å²) in [5.74, 6) is -0.903. The van der Waals surface area contributed by atoms with Crippen LogP contribution in [0, 0.1) is 0 Å². The smallest absolute Gasteiger partial charge is 0.306 e. The molecule has 0 fully saturated rings. The second kappa shape index (κ2) is 58.7. The van der Waals surface area contributed by atoms with E-state index in [2.05, 4.69) is 81.5 Å². The van der Waals surface area contributed by atoms with Crippen molar-refractivity contribution in [1.29, 1.82) is 0 Å². The van der Waals surface area contributed by atoms with Crippen molar-refractivity contribution in [2.45, 2.75) is 316 Å². The molecule has 0 bridgehead atoms. The monoisotopic (exact) mass is 979 g/mol. The molecular weight excluding hydrogens is 865 g/mol. The van der Waals surface area contributed by atoms with E-state index in [0.29, 0.717) is 19.3 Å². The SMILES string of the molecule is CC/C=C\C/C=C\C/C=C\CCCCCCC(=O)OCC(COC(=O)CCCCCCCCC/C=C\CCCCCCCCCC)OC(=O)CCCCCCCCC/C=C\CCCCCCCCCC. The fourth-order valence-electron chi connectivity index (χ4n) is 8.68. The lowest BCUT2D eigenvalue weighted by Crippen LogP contribution is -2.30. The molecule has 0 aliphatic carbocycles. The lowest BCUT2D eigenvalue weighted by atomic mass is 10.1. The van der Waals surface area contributed by atoms with E-state index in [-0.39, 0.29) is 31.1 Å². The molecule has 0 N–H and O–H groups in total. The van der Waals surface area contributed by atoms with Gasteiger partial charge in [-0.2, -0.15) is 0 Å². The Kier molecular flexibility index (Phi) is 56.3. The Morgan fingerprint density at radius 2 is 0.557 bits per heavy atom. The average Bonchev–Trinajstić information content (AvgIpc) is 3.36. The zero-order valence-electron chi connectivity index (χ0n) is 46.5. The van der Waals surface area contributed by atoms with E-state index >= 15 is 0 Å². The third-order valence-corrected chi connectivity index (χ3v) is 13.2. The van der Waals surface area contributed by atoms with Crippen molar-refractivity contribution in [3.63, 3.8) is 0 Å². The van der Waals surface area contributed by atoms with Gasteiger partial charge in [-0.05, 0) is 103 Å². The first-order chi connectivity index (χ1) is 34.5. The van der Waals surface area contributed by atoms with Crippen molar-refractivity contribution < 1.29 is 28.6 Å². The maximum atomic E-state index is 12.9. The molecule has 406 valence electrons. The van der Waals surface area contributed by atoms with Gasteiger partial charge >= 0.3 is 17.9 Å². The molecule has 1 unspecified atom stereocenters. The maximum absolute atomic E-state index is 12.9. The van der Waals surface area contributed by atoms with Crippen molar-refractivity contribution in [2.75, 3.05) is 13.2 Å². The third-order valence-electron chi connectivity index (χ3n) is 13.2. The molecular formula is C64H114O6. The number of ether oxygens (including phenoxy) is 3. The highest BCUT2D eigenvalue weighted by atomic mass is 16.6. The minimum atomic E-state index is -0.788. The van der Waals surface area contributed by atoms with Crippen LogP contribution in [0.2, 0.25) is 0 Å². The van der Waals surface area contributed by atoms with Gasteiger partial charge in [0.2, 0.25) is 0 Å². The lowest BCUT2D eigenvalue weighted by molar-refractivity contribution is -0.167. The number of hydrogen-bond acceptors (Lipinski definition) is 6. The Bertz CT molecular complexity index is 1260. The average molecular weight is 980 g/mol. The fraction of sp³-hybridized carbons (Fsp3) is 0.797. The van der Waals surface area contributed by atoms with E-state index in [4.69, 9.17) is 14.2 Å². The largest absolute Gasteiger partial charge is 0.462 e. The van der Waals surface area contributed by atoms with Gasteiger partial charge in [-0.25, -0.2) is 0 Å². The second-order valence-electron chi connectivity index (χ2n) is 20.2. The molecule has 0 heterocycles. The van der Waals surface area contributed by atoms with Crippen LogP contribution in [0.15, 0.2) is 60.8 Å². The Balaban J connectivity index is 4.38. The molecule has 0 aromatic heterocycles. The fourth-order valence-corrected chi connectivity index (χ4v) is 8.68. The van der Waals surface area contributed by atoms with E-state index in [1.54, 1.807) is 0 Å². The maximum Gasteiger partial charge on any atom is 0.306 e. The summed E-state index contributed by atoms with van der Waals surface area (Å²) in [6, 6.07) is 0. The first-order valence-electron chi connectivity index (χ1n) is 30.3. The van der Waals surface area contributed by atoms with E-state index in [1.165, 1.54) is 180 Å². The van der Waals surface area contributed by atoms with Crippen molar-refractivity contribution in [1.82, 2.24) is 0 Å². The summed E-state index contributed by atoms with van der Waals surface area (Å²) in [4.78, 5) is 38.2. The normalized spacial score (nSPS) is 12.4. The summed E-state index contributed by atoms with van der Waals surface area (Å²) in [5.41, 5.74) is 0. The van der Waals surface area contributed by atoms with Crippen molar-refractivity contribution in [3.8, 4) is 0 Å². The molecule has 0 aliphatic rings. The molecule has 0 aromatic carbocycles. The Morgan fingerprint density at radius 1 is 0.300 bits per heavy atom. The number of unbranched alkanes of at least 4 members (excludes halogenated alkanes) is 34. The van der Waals surface area contributed by atoms with Gasteiger partial charge in [-0.3, -0.25) is 14.4 Å². The molecule has 70 heavy (non-hydrogen) atoms. The topological polar surface area (TPSA) is 78.9 Å². The molecule has 6 heteroatoms. The molecule has 6 nitrogen and oxygen atoms in total. The number of hydrogen-bond donors (Lipinski definition) is 0. The Labute approximate surface area is 434 Å². The van der Waals surface area contributed by atoms with Crippen LogP contribution in [0.4, 0.5) is 0 Å². The van der Waals surface area contributed by atoms with Gasteiger partial charge in [-0.15, -0.1) is 0 Å². The lowest BCUT2D eigenvalue weighted by Gasteiger charge is -2.18. The van der Waals surface area contributed by atoms with Crippen LogP contribution >= 0.6 is 0 Å². The Hall–Kier alpha value is -2.89. The number of carbonyl (C=O) groups excluding carboxylic acids is 3. The third kappa shape index (κ3) is 56.0. The van der Waals surface area contributed by atoms with Crippen LogP contribution in [0.5, 0.6) is 0 Å². The molecule has 1 atom stereocenters. The van der Waals surface area contributed by atoms with E-state index in [1.807, 2.05) is 0 Å². The minimum Gasteiger partial charge on any atom is -0.462 e. The van der Waals surface area contributed by atoms with E-state index in [9.17, 15) is 14.4 Å². The van der Waals surface area contributed by atoms with Crippen LogP contribution in [-0.4, -0.2) is 37.2 Å². The highest BCUT2D eigenvalue weighted by Gasteiger charge is 2.19. The molecule has 0 radical (unpaired) electrons. The standard InChI is InChI=1S/C64H114O6/c1-4-7-10-13-16-19-22-25-28-30-32-34-36-39-42-45-48-51-54-57-63(66)69-60-61(59-68-62(65)56-53-50-47-44-41-38-27-24-21-18-15-12-9-6-3)70-64(67)58-55-52-49-46-43-40-37-35-33-31-29-26-23-20-17-14-11-8-5-2/h9,12,18,21,27,30-33,38,61H,4-8,10-11,13-17,19-20,22-26,28-29,34-37,39-60H2,1-3H3/b12-9-,21-18-,32-30-,33-31-,38-27-. The first kappa shape index (κ1) is 67.1. The first-order valence-corrected chi connectivity index (χ1v) is 30.3. The van der Waals surface area contributed by atoms with Crippen molar-refractivity contribution >= 4 is 17.9 Å². The van der Waals surface area contributed by atoms with Gasteiger partial charge in [0.15, 0.2) is 6.10 Å². The summed E-state index contributed by atoms with van der Waals surface area (Å²) >= 11 is 0. The van der Waals surface area contributed by atoms with Gasteiger partial charge in [0.1, 0.15) is 13.2 Å². The zero-order chi connectivity index (χ0) is 50.7. The predicted molar refractivity (Wildman–Crippen MR) is 302 cm³/mol. The van der Waals surface area contributed by atoms with Gasteiger partial charge in [-0.1, -0.05) is 248 Å². The number of allylic oxidation sites excluding steroid dienone is 10. The van der Waals surface area contributed by atoms with Crippen molar-refractivity contribution in [3.05, 3.63) is 60.8 Å². The van der Waals surface area contributed by atoms with Gasteiger partial charge in [0.25, 0.3) is 0 Å². The molecule has 0 aliphatic heterocycles. The molecule has 0 rings (SSSR count). The van der Waals surface area contributed by atoms with Crippen LogP contribution in [0.25, 0.3) is 0 Å². The molecule has 0 aromatic rings. The summed E-state index contributed by atoms with van der Waals surface area (Å²) in [5, 5.41) is 0. The summed E-state index contributed by atoms with van der Waals surface area (Å²) in [7, 11) is 0. The van der Waals surface area contributed by atoms with Crippen molar-refractivity contribution in [2.24, 2.45) is 0 Å². The molecule has 0 amide bonds. The summed E-state index contributed by atoms with van der Waals surface area (Å²) in [6.45, 7) is 6.53. The van der Waals surface area contributed by atoms with E-state index in [0.717, 1.165) is 89.9 Å². The van der Waals surface area contributed by atoms with Crippen LogP contribution in [0.3, 0.4) is 0 Å². The van der Waals surface area contributed by atoms with Gasteiger partial charge < -0.3 is 14.2 Å². The van der Waals surface area contributed by atoms with Crippen LogP contribution < -0.4 is 0 Å². The highest BCUT2D eigenvalue weighted by Crippen LogP contribution is 2.16. The van der Waals surface area contributed by atoms with Gasteiger partial charge in [0.05, 0.1) is 0 Å². The predicted octanol–water partition coefficient (Wildman–Crippen LogP) is 20.4. The molecule has 0 spiro atoms. The number of carbonyl (C=O) groups is 3. The summed E-state index contributed by atoms with van der Waals surface area (Å²) < 4.78 is 16.9. The van der Waals surface area contributed by atoms with Crippen LogP contribution in [-0.2, 0) is 28.6 Å². The molecule has 0 saturated carbocycles. The number of rotatable bonds is 55. The second-order valence-corrected chi connectivity index (χ2v) is 20.2. The van der Waals surface area contributed by atoms with Crippen LogP contribution in [0.1, 0.15) is 310 Å². The van der Waals surface area contributed by atoms with Gasteiger partial charge in [0, 0.05) is 19.3 Å². The highest BCUT2D eigenvalue weighted by molar-refractivity contribution is 5.71. The summed E-state index contributed by atoms with van der Waals surface area (Å²) in [6.07, 6.45) is 73.6. The Morgan fingerprint density at radius 3 is 0.886 bits per heavy atom. The molecule has 0 saturated heterocycles.